The van der Waals surface area contributed by atoms with Gasteiger partial charge in [0.15, 0.2) is 0 Å². The van der Waals surface area contributed by atoms with Crippen LogP contribution in [-0.4, -0.2) is 36.5 Å². The molecule has 0 aliphatic carbocycles. The number of amides is 1. The standard InChI is InChI=1S/C22H19N5O3/c28-20(15-27-19(22(29)30)11-12-24-27)23-13-17-14-26(18-9-5-2-6-10-18)25-21(17)16-7-3-1-4-8-16/h1-12,14H,13,15H2,(H,23,28)(H,29,30). The maximum absolute atomic E-state index is 12.4. The van der Waals surface area contributed by atoms with Crippen LogP contribution >= 0.6 is 0 Å². The minimum atomic E-state index is -1.13. The lowest BCUT2D eigenvalue weighted by Crippen LogP contribution is -2.28. The van der Waals surface area contributed by atoms with Crippen LogP contribution in [0, 0.1) is 0 Å². The average Bonchev–Trinajstić information content (AvgIpc) is 3.41. The van der Waals surface area contributed by atoms with Crippen LogP contribution in [0.4, 0.5) is 0 Å². The van der Waals surface area contributed by atoms with E-state index in [1.165, 1.54) is 12.3 Å². The summed E-state index contributed by atoms with van der Waals surface area (Å²) in [6.07, 6.45) is 3.24. The van der Waals surface area contributed by atoms with Gasteiger partial charge >= 0.3 is 5.97 Å². The van der Waals surface area contributed by atoms with Gasteiger partial charge in [-0.15, -0.1) is 0 Å². The summed E-state index contributed by atoms with van der Waals surface area (Å²) >= 11 is 0. The van der Waals surface area contributed by atoms with Crippen molar-refractivity contribution in [1.29, 1.82) is 0 Å². The van der Waals surface area contributed by atoms with Gasteiger partial charge in [-0.25, -0.2) is 14.2 Å². The highest BCUT2D eigenvalue weighted by atomic mass is 16.4. The number of carboxylic acid groups (broad SMARTS) is 1. The molecular formula is C22H19N5O3. The molecule has 0 radical (unpaired) electrons. The van der Waals surface area contributed by atoms with Crippen LogP contribution in [0.3, 0.4) is 0 Å². The first-order valence-corrected chi connectivity index (χ1v) is 9.33. The lowest BCUT2D eigenvalue weighted by Gasteiger charge is -2.07. The molecule has 8 heteroatoms. The Bertz CT molecular complexity index is 1170. The van der Waals surface area contributed by atoms with Gasteiger partial charge in [0.05, 0.1) is 11.4 Å². The number of hydrogen-bond acceptors (Lipinski definition) is 4. The highest BCUT2D eigenvalue weighted by Crippen LogP contribution is 2.23. The zero-order valence-electron chi connectivity index (χ0n) is 16.0. The lowest BCUT2D eigenvalue weighted by atomic mass is 10.1. The Morgan fingerprint density at radius 3 is 2.37 bits per heavy atom. The van der Waals surface area contributed by atoms with Gasteiger partial charge in [-0.1, -0.05) is 48.5 Å². The lowest BCUT2D eigenvalue weighted by molar-refractivity contribution is -0.122. The number of aromatic carboxylic acids is 1. The molecule has 2 heterocycles. The van der Waals surface area contributed by atoms with Crippen molar-refractivity contribution in [2.45, 2.75) is 13.1 Å². The number of hydrogen-bond donors (Lipinski definition) is 2. The molecular weight excluding hydrogens is 382 g/mol. The monoisotopic (exact) mass is 401 g/mol. The Morgan fingerprint density at radius 2 is 1.67 bits per heavy atom. The number of nitrogens with zero attached hydrogens (tertiary/aromatic N) is 4. The number of carboxylic acids is 1. The molecule has 1 amide bonds. The van der Waals surface area contributed by atoms with E-state index in [4.69, 9.17) is 10.2 Å². The summed E-state index contributed by atoms with van der Waals surface area (Å²) in [5.41, 5.74) is 3.43. The average molecular weight is 401 g/mol. The second-order valence-electron chi connectivity index (χ2n) is 6.61. The minimum Gasteiger partial charge on any atom is -0.477 e. The van der Waals surface area contributed by atoms with Crippen molar-refractivity contribution in [2.24, 2.45) is 0 Å². The van der Waals surface area contributed by atoms with Gasteiger partial charge in [-0.3, -0.25) is 4.79 Å². The summed E-state index contributed by atoms with van der Waals surface area (Å²) in [7, 11) is 0. The van der Waals surface area contributed by atoms with Gasteiger partial charge in [-0.2, -0.15) is 10.2 Å². The number of nitrogens with one attached hydrogen (secondary N) is 1. The van der Waals surface area contributed by atoms with Crippen molar-refractivity contribution < 1.29 is 14.7 Å². The molecule has 2 aromatic heterocycles. The molecule has 2 N–H and O–H groups in total. The smallest absolute Gasteiger partial charge is 0.354 e. The normalized spacial score (nSPS) is 10.7. The van der Waals surface area contributed by atoms with Crippen LogP contribution in [0.25, 0.3) is 16.9 Å². The van der Waals surface area contributed by atoms with Gasteiger partial charge < -0.3 is 10.4 Å². The first-order chi connectivity index (χ1) is 14.6. The first kappa shape index (κ1) is 19.1. The number of aromatic nitrogens is 4. The third-order valence-corrected chi connectivity index (χ3v) is 4.56. The van der Waals surface area contributed by atoms with Crippen LogP contribution < -0.4 is 5.32 Å². The molecule has 0 saturated heterocycles. The van der Waals surface area contributed by atoms with Gasteiger partial charge in [-0.05, 0) is 18.2 Å². The minimum absolute atomic E-state index is 0.0352. The number of carbonyl (C=O) groups excluding carboxylic acids is 1. The molecule has 0 bridgehead atoms. The molecule has 30 heavy (non-hydrogen) atoms. The largest absolute Gasteiger partial charge is 0.477 e. The topological polar surface area (TPSA) is 102 Å². The number of carbonyl (C=O) groups is 2. The molecule has 0 aliphatic heterocycles. The molecule has 4 rings (SSSR count). The van der Waals surface area contributed by atoms with Crippen LogP contribution in [-0.2, 0) is 17.9 Å². The molecule has 0 atom stereocenters. The van der Waals surface area contributed by atoms with Crippen LogP contribution in [0.5, 0.6) is 0 Å². The third-order valence-electron chi connectivity index (χ3n) is 4.56. The van der Waals surface area contributed by atoms with Crippen molar-refractivity contribution in [3.8, 4) is 16.9 Å². The number of rotatable bonds is 7. The highest BCUT2D eigenvalue weighted by molar-refractivity contribution is 5.86. The molecule has 0 aliphatic rings. The second-order valence-corrected chi connectivity index (χ2v) is 6.61. The molecule has 150 valence electrons. The maximum Gasteiger partial charge on any atom is 0.354 e. The Labute approximate surface area is 172 Å². The third kappa shape index (κ3) is 4.12. The fourth-order valence-electron chi connectivity index (χ4n) is 3.12. The zero-order valence-corrected chi connectivity index (χ0v) is 16.0. The Morgan fingerprint density at radius 1 is 0.967 bits per heavy atom. The van der Waals surface area contributed by atoms with Crippen molar-refractivity contribution in [3.63, 3.8) is 0 Å². The Balaban J connectivity index is 1.55. The van der Waals surface area contributed by atoms with Crippen molar-refractivity contribution >= 4 is 11.9 Å². The molecule has 2 aromatic carbocycles. The van der Waals surface area contributed by atoms with Gasteiger partial charge in [0, 0.05) is 30.1 Å². The Hall–Kier alpha value is -4.20. The second kappa shape index (κ2) is 8.44. The number of para-hydroxylation sites is 1. The summed E-state index contributed by atoms with van der Waals surface area (Å²) in [6, 6.07) is 20.8. The van der Waals surface area contributed by atoms with Gasteiger partial charge in [0.25, 0.3) is 0 Å². The SMILES string of the molecule is O=C(Cn1nccc1C(=O)O)NCc1cn(-c2ccccc2)nc1-c1ccccc1. The van der Waals surface area contributed by atoms with E-state index in [-0.39, 0.29) is 24.7 Å². The summed E-state index contributed by atoms with van der Waals surface area (Å²) < 4.78 is 2.93. The van der Waals surface area contributed by atoms with E-state index in [2.05, 4.69) is 10.4 Å². The van der Waals surface area contributed by atoms with Gasteiger partial charge in [0.2, 0.25) is 5.91 Å². The molecule has 4 aromatic rings. The van der Waals surface area contributed by atoms with Crippen molar-refractivity contribution in [1.82, 2.24) is 24.9 Å². The highest BCUT2D eigenvalue weighted by Gasteiger charge is 2.15. The van der Waals surface area contributed by atoms with Crippen LogP contribution in [0.15, 0.2) is 79.1 Å². The van der Waals surface area contributed by atoms with E-state index in [1.54, 1.807) is 4.68 Å². The molecule has 8 nitrogen and oxygen atoms in total. The van der Waals surface area contributed by atoms with E-state index in [0.29, 0.717) is 0 Å². The van der Waals surface area contributed by atoms with E-state index in [9.17, 15) is 9.59 Å². The fourth-order valence-corrected chi connectivity index (χ4v) is 3.12. The van der Waals surface area contributed by atoms with E-state index >= 15 is 0 Å². The fraction of sp³-hybridized carbons (Fsp3) is 0.0909. The first-order valence-electron chi connectivity index (χ1n) is 9.33. The molecule has 0 spiro atoms. The van der Waals surface area contributed by atoms with Crippen LogP contribution in [0.2, 0.25) is 0 Å². The molecule has 0 unspecified atom stereocenters. The van der Waals surface area contributed by atoms with Gasteiger partial charge in [0.1, 0.15) is 12.2 Å². The maximum atomic E-state index is 12.4. The summed E-state index contributed by atoms with van der Waals surface area (Å²) in [6.45, 7) is 0.0711. The molecule has 0 saturated carbocycles. The predicted octanol–water partition coefficient (Wildman–Crippen LogP) is 2.75. The zero-order chi connectivity index (χ0) is 20.9. The quantitative estimate of drug-likeness (QED) is 0.496. The van der Waals surface area contributed by atoms with Crippen LogP contribution in [0.1, 0.15) is 16.1 Å². The Kier molecular flexibility index (Phi) is 5.38. The van der Waals surface area contributed by atoms with Crippen molar-refractivity contribution in [2.75, 3.05) is 0 Å². The van der Waals surface area contributed by atoms with E-state index in [1.807, 2.05) is 66.9 Å². The summed E-state index contributed by atoms with van der Waals surface area (Å²) in [5, 5.41) is 20.6. The summed E-state index contributed by atoms with van der Waals surface area (Å²) in [5.74, 6) is -1.47. The van der Waals surface area contributed by atoms with E-state index < -0.39 is 5.97 Å². The summed E-state index contributed by atoms with van der Waals surface area (Å²) in [4.78, 5) is 23.6. The molecule has 0 fully saturated rings. The number of benzene rings is 2. The predicted molar refractivity (Wildman–Crippen MR) is 110 cm³/mol. The van der Waals surface area contributed by atoms with Crippen molar-refractivity contribution in [3.05, 3.63) is 90.4 Å². The van der Waals surface area contributed by atoms with E-state index in [0.717, 1.165) is 27.2 Å².